The van der Waals surface area contributed by atoms with Gasteiger partial charge in [0.15, 0.2) is 0 Å². The first-order valence-electron chi connectivity index (χ1n) is 25.7. The van der Waals surface area contributed by atoms with Crippen LogP contribution >= 0.6 is 11.3 Å². The van der Waals surface area contributed by atoms with E-state index in [9.17, 15) is 0 Å². The summed E-state index contributed by atoms with van der Waals surface area (Å²) in [6, 6.07) is 63.5. The quantitative estimate of drug-likeness (QED) is 0.101. The number of hydrogen-bond donors (Lipinski definition) is 0. The fraction of sp³-hybridized carbons (Fsp3) is 0.197. The molecule has 0 fully saturated rings. The van der Waals surface area contributed by atoms with Gasteiger partial charge in [-0.3, -0.25) is 9.97 Å². The van der Waals surface area contributed by atoms with Gasteiger partial charge in [0, 0.05) is 64.7 Å². The minimum atomic E-state index is -1.34. The Kier molecular flexibility index (Phi) is 14.3. The van der Waals surface area contributed by atoms with Gasteiger partial charge in [-0.25, -0.2) is 0 Å². The molecular weight excluding hydrogens is 1120 g/mol. The maximum absolute atomic E-state index is 5.44. The first kappa shape index (κ1) is 50.7. The zero-order valence-corrected chi connectivity index (χ0v) is 47.9. The number of aromatic nitrogens is 5. The van der Waals surface area contributed by atoms with Gasteiger partial charge in [0.2, 0.25) is 0 Å². The summed E-state index contributed by atoms with van der Waals surface area (Å²) >= 11 is 1.83. The molecule has 0 amide bonds. The smallest absolute Gasteiger partial charge is 0.0822 e. The van der Waals surface area contributed by atoms with Crippen LogP contribution in [0.2, 0.25) is 19.6 Å². The maximum Gasteiger partial charge on any atom is 0.0822 e. The first-order chi connectivity index (χ1) is 35.4. The first-order valence-corrected chi connectivity index (χ1v) is 30.0. The molecule has 0 unspecified atom stereocenters. The molecule has 0 bridgehead atoms. The van der Waals surface area contributed by atoms with Crippen molar-refractivity contribution in [2.45, 2.75) is 79.4 Å². The zero-order chi connectivity index (χ0) is 50.5. The van der Waals surface area contributed by atoms with Crippen LogP contribution in [0.4, 0.5) is 0 Å². The number of thiophene rings is 1. The van der Waals surface area contributed by atoms with Crippen molar-refractivity contribution in [2.75, 3.05) is 0 Å². The van der Waals surface area contributed by atoms with E-state index in [1.165, 1.54) is 80.7 Å². The number of nitrogens with zero attached hydrogens (tertiary/aromatic N) is 5. The Morgan fingerprint density at radius 1 is 0.622 bits per heavy atom. The van der Waals surface area contributed by atoms with Gasteiger partial charge >= 0.3 is 0 Å². The molecule has 0 aliphatic carbocycles. The molecular formula is C66H61IrN5SSi-2. The van der Waals surface area contributed by atoms with Crippen LogP contribution in [0.1, 0.15) is 70.1 Å². The van der Waals surface area contributed by atoms with Crippen molar-refractivity contribution in [3.8, 4) is 45.1 Å². The Morgan fingerprint density at radius 2 is 1.26 bits per heavy atom. The molecule has 5 aromatic heterocycles. The Hall–Kier alpha value is -6.80. The van der Waals surface area contributed by atoms with Crippen molar-refractivity contribution in [1.82, 2.24) is 24.1 Å². The van der Waals surface area contributed by atoms with E-state index in [1.54, 1.807) is 0 Å². The van der Waals surface area contributed by atoms with E-state index in [1.807, 2.05) is 48.0 Å². The van der Waals surface area contributed by atoms with Crippen LogP contribution < -0.4 is 5.19 Å². The second-order valence-corrected chi connectivity index (χ2v) is 27.5. The molecule has 0 aliphatic rings. The molecule has 8 heteroatoms. The summed E-state index contributed by atoms with van der Waals surface area (Å²) in [5, 5.41) is 6.44. The van der Waals surface area contributed by atoms with Gasteiger partial charge in [-0.15, -0.1) is 48.0 Å². The van der Waals surface area contributed by atoms with Crippen molar-refractivity contribution in [2.24, 2.45) is 5.92 Å². The SMILES string of the molecule is CC(C)Cc1cc(-c2[c-]cccc2)ncc1[Si](C)(C)C.CC(C)c1cc(-c2ccccc2)cc(C(C)C)c1-n1c(-c2[c-]cc(-n3c4ccccc4c4ccccc43)c3c2sc2ccccc23)nc2ccncc21.[Ir]. The Labute approximate surface area is 454 Å². The van der Waals surface area contributed by atoms with Crippen molar-refractivity contribution < 1.29 is 20.1 Å². The summed E-state index contributed by atoms with van der Waals surface area (Å²) in [5.41, 5.74) is 16.2. The van der Waals surface area contributed by atoms with Crippen LogP contribution in [0.3, 0.4) is 0 Å². The van der Waals surface area contributed by atoms with E-state index >= 15 is 0 Å². The number of para-hydroxylation sites is 2. The van der Waals surface area contributed by atoms with Gasteiger partial charge in [-0.2, -0.15) is 11.3 Å². The minimum Gasteiger partial charge on any atom is -0.350 e. The average Bonchev–Trinajstić information content (AvgIpc) is 4.09. The second-order valence-electron chi connectivity index (χ2n) is 21.4. The van der Waals surface area contributed by atoms with Crippen LogP contribution in [0, 0.1) is 18.1 Å². The molecule has 7 aromatic carbocycles. The molecule has 5 nitrogen and oxygen atoms in total. The van der Waals surface area contributed by atoms with Crippen LogP contribution in [-0.2, 0) is 26.5 Å². The molecule has 0 N–H and O–H groups in total. The largest absolute Gasteiger partial charge is 0.350 e. The van der Waals surface area contributed by atoms with Crippen LogP contribution in [0.5, 0.6) is 0 Å². The predicted molar refractivity (Wildman–Crippen MR) is 314 cm³/mol. The van der Waals surface area contributed by atoms with Gasteiger partial charge < -0.3 is 14.1 Å². The molecule has 0 spiro atoms. The Morgan fingerprint density at radius 3 is 1.89 bits per heavy atom. The fourth-order valence-electron chi connectivity index (χ4n) is 10.7. The van der Waals surface area contributed by atoms with E-state index in [-0.39, 0.29) is 31.9 Å². The number of fused-ring (bicyclic) bond motifs is 7. The summed E-state index contributed by atoms with van der Waals surface area (Å²) < 4.78 is 7.23. The third-order valence-corrected chi connectivity index (χ3v) is 17.3. The molecule has 74 heavy (non-hydrogen) atoms. The van der Waals surface area contributed by atoms with Crippen molar-refractivity contribution in [3.63, 3.8) is 0 Å². The van der Waals surface area contributed by atoms with Gasteiger partial charge in [0.05, 0.1) is 31.1 Å². The predicted octanol–water partition coefficient (Wildman–Crippen LogP) is 17.6. The molecule has 12 aromatic rings. The molecule has 0 saturated heterocycles. The van der Waals surface area contributed by atoms with Crippen molar-refractivity contribution in [3.05, 3.63) is 205 Å². The van der Waals surface area contributed by atoms with Crippen LogP contribution in [0.25, 0.3) is 98.2 Å². The van der Waals surface area contributed by atoms with Crippen LogP contribution in [-0.4, -0.2) is 32.2 Å². The summed E-state index contributed by atoms with van der Waals surface area (Å²) in [7, 11) is -1.34. The average molecular weight is 1180 g/mol. The molecule has 5 heterocycles. The number of rotatable bonds is 10. The fourth-order valence-corrected chi connectivity index (χ4v) is 13.5. The zero-order valence-electron chi connectivity index (χ0n) is 43.7. The monoisotopic (exact) mass is 1180 g/mol. The normalized spacial score (nSPS) is 11.9. The molecule has 1 radical (unpaired) electrons. The number of benzene rings is 7. The number of hydrogen-bond acceptors (Lipinski definition) is 4. The van der Waals surface area contributed by atoms with Gasteiger partial charge in [-0.1, -0.05) is 169 Å². The molecule has 0 saturated carbocycles. The Balaban J connectivity index is 0.000000252. The summed E-state index contributed by atoms with van der Waals surface area (Å²) in [5.74, 6) is 2.08. The van der Waals surface area contributed by atoms with E-state index in [0.717, 1.165) is 45.8 Å². The van der Waals surface area contributed by atoms with E-state index in [2.05, 4.69) is 232 Å². The topological polar surface area (TPSA) is 48.5 Å². The van der Waals surface area contributed by atoms with E-state index in [0.29, 0.717) is 5.92 Å². The third-order valence-electron chi connectivity index (χ3n) is 14.1. The van der Waals surface area contributed by atoms with E-state index < -0.39 is 8.07 Å². The van der Waals surface area contributed by atoms with Gasteiger partial charge in [0.1, 0.15) is 0 Å². The molecule has 0 atom stereocenters. The molecule has 371 valence electrons. The minimum absolute atomic E-state index is 0. The summed E-state index contributed by atoms with van der Waals surface area (Å²) in [4.78, 5) is 14.8. The number of pyridine rings is 2. The Bertz CT molecular complexity index is 3890. The number of imidazole rings is 1. The molecule has 12 rings (SSSR count). The summed E-state index contributed by atoms with van der Waals surface area (Å²) in [6.07, 6.45) is 7.06. The van der Waals surface area contributed by atoms with Gasteiger partial charge in [0.25, 0.3) is 0 Å². The van der Waals surface area contributed by atoms with Crippen LogP contribution in [0.15, 0.2) is 176 Å². The van der Waals surface area contributed by atoms with Gasteiger partial charge in [-0.05, 0) is 109 Å². The molecule has 0 aliphatic heterocycles. The summed E-state index contributed by atoms with van der Waals surface area (Å²) in [6.45, 7) is 20.9. The van der Waals surface area contributed by atoms with E-state index in [4.69, 9.17) is 4.98 Å². The van der Waals surface area contributed by atoms with Crippen molar-refractivity contribution >= 4 is 77.6 Å². The second kappa shape index (κ2) is 20.8. The third kappa shape index (κ3) is 9.39. The van der Waals surface area contributed by atoms with Crippen molar-refractivity contribution in [1.29, 1.82) is 0 Å². The maximum atomic E-state index is 5.44. The standard InChI is InChI=1S/C48H37N4S.C18H24NSi.Ir/c1-29(2)37-26-32(31-14-6-5-7-15-31)27-38(30(3)4)46(37)52-43-28-49-25-24-39(43)50-48(52)36-22-23-42(45-35-18-10-13-21-44(35)53-47(36)45)51-40-19-11-8-16-33(40)34-17-9-12-20-41(34)51;1-14(2)11-16-12-17(15-9-7-6-8-10-15)19-13-18(16)20(3,4)5;/h5-21,23-30H,1-4H3;6-9,12-14H,11H2,1-5H3;/q2*-1;.